The predicted molar refractivity (Wildman–Crippen MR) is 407 cm³/mol. The molecule has 2 atom stereocenters. The molecule has 0 aliphatic rings. The van der Waals surface area contributed by atoms with Crippen molar-refractivity contribution < 1.29 is 42.1 Å². The van der Waals surface area contributed by atoms with Crippen LogP contribution in [0.1, 0.15) is 425 Å². The number of carbonyl (C=O) groups excluding carboxylic acids is 2. The maximum atomic E-state index is 12.9. The quantitative estimate of drug-likeness (QED) is 0.0195. The predicted octanol–water partition coefficient (Wildman–Crippen LogP) is 26.9. The Labute approximate surface area is 585 Å². The number of quaternary nitrogens is 1. The van der Waals surface area contributed by atoms with Crippen LogP contribution in [0.2, 0.25) is 0 Å². The fourth-order valence-corrected chi connectivity index (χ4v) is 13.3. The van der Waals surface area contributed by atoms with Crippen LogP contribution in [0.25, 0.3) is 0 Å². The Kier molecular flexibility index (Phi) is 73.6. The smallest absolute Gasteiger partial charge is 0.306 e. The number of hydrogen-bond donors (Lipinski definition) is 0. The number of rotatable bonds is 78. The first-order valence-corrected chi connectivity index (χ1v) is 42.8. The fraction of sp³-hybridized carbons (Fsp3) is 0.881. The molecule has 0 saturated heterocycles. The third-order valence-electron chi connectivity index (χ3n) is 18.9. The highest BCUT2D eigenvalue weighted by Gasteiger charge is 2.22. The molecule has 2 unspecified atom stereocenters. The van der Waals surface area contributed by atoms with Crippen LogP contribution >= 0.6 is 7.82 Å². The van der Waals surface area contributed by atoms with E-state index in [1.54, 1.807) is 0 Å². The van der Waals surface area contributed by atoms with Gasteiger partial charge >= 0.3 is 11.9 Å². The summed E-state index contributed by atoms with van der Waals surface area (Å²) in [5.41, 5.74) is 0. The number of carbonyl (C=O) groups is 2. The van der Waals surface area contributed by atoms with E-state index in [-0.39, 0.29) is 32.0 Å². The molecule has 9 nitrogen and oxygen atoms in total. The summed E-state index contributed by atoms with van der Waals surface area (Å²) in [4.78, 5) is 38.2. The van der Waals surface area contributed by atoms with Crippen LogP contribution in [-0.2, 0) is 32.7 Å². The molecule has 0 bridgehead atoms. The summed E-state index contributed by atoms with van der Waals surface area (Å²) in [6.07, 6.45) is 99.7. The molecule has 554 valence electrons. The van der Waals surface area contributed by atoms with E-state index in [0.717, 1.165) is 57.8 Å². The van der Waals surface area contributed by atoms with Crippen LogP contribution in [0, 0.1) is 0 Å². The summed E-state index contributed by atoms with van der Waals surface area (Å²) >= 11 is 0. The van der Waals surface area contributed by atoms with E-state index in [1.165, 1.54) is 334 Å². The topological polar surface area (TPSA) is 111 Å². The maximum Gasteiger partial charge on any atom is 0.306 e. The van der Waals surface area contributed by atoms with Crippen LogP contribution in [-0.4, -0.2) is 70.0 Å². The lowest BCUT2D eigenvalue weighted by Crippen LogP contribution is -2.37. The highest BCUT2D eigenvalue weighted by atomic mass is 31.2. The van der Waals surface area contributed by atoms with E-state index in [4.69, 9.17) is 18.5 Å². The number of phosphoric ester groups is 1. The number of allylic oxidation sites excluding steroid dienone is 8. The van der Waals surface area contributed by atoms with Crippen molar-refractivity contribution in [1.82, 2.24) is 0 Å². The van der Waals surface area contributed by atoms with E-state index in [9.17, 15) is 19.0 Å². The number of esters is 2. The van der Waals surface area contributed by atoms with Gasteiger partial charge < -0.3 is 27.9 Å². The Balaban J connectivity index is 3.87. The minimum Gasteiger partial charge on any atom is -0.756 e. The van der Waals surface area contributed by atoms with Gasteiger partial charge in [0.1, 0.15) is 19.8 Å². The van der Waals surface area contributed by atoms with E-state index in [0.29, 0.717) is 17.4 Å². The van der Waals surface area contributed by atoms with Gasteiger partial charge in [-0.3, -0.25) is 14.2 Å². The maximum absolute atomic E-state index is 12.9. The van der Waals surface area contributed by atoms with Crippen molar-refractivity contribution in [2.75, 3.05) is 47.5 Å². The van der Waals surface area contributed by atoms with E-state index in [2.05, 4.69) is 62.5 Å². The lowest BCUT2D eigenvalue weighted by atomic mass is 10.0. The van der Waals surface area contributed by atoms with Crippen molar-refractivity contribution >= 4 is 19.8 Å². The molecular weight excluding hydrogens is 1180 g/mol. The van der Waals surface area contributed by atoms with Gasteiger partial charge in [-0.15, -0.1) is 0 Å². The Bertz CT molecular complexity index is 1720. The van der Waals surface area contributed by atoms with Crippen molar-refractivity contribution in [2.24, 2.45) is 0 Å². The van der Waals surface area contributed by atoms with E-state index in [1.807, 2.05) is 21.1 Å². The lowest BCUT2D eigenvalue weighted by molar-refractivity contribution is -0.870. The molecule has 0 heterocycles. The van der Waals surface area contributed by atoms with E-state index >= 15 is 0 Å². The third kappa shape index (κ3) is 79.0. The van der Waals surface area contributed by atoms with Crippen molar-refractivity contribution in [3.05, 3.63) is 48.6 Å². The third-order valence-corrected chi connectivity index (χ3v) is 19.8. The molecule has 0 aromatic heterocycles. The number of ether oxygens (including phenoxy) is 2. The zero-order chi connectivity index (χ0) is 68.3. The second kappa shape index (κ2) is 75.2. The minimum atomic E-state index is -4.64. The molecule has 0 aromatic rings. The second-order valence-corrected chi connectivity index (χ2v) is 30.9. The van der Waals surface area contributed by atoms with Crippen molar-refractivity contribution in [1.29, 1.82) is 0 Å². The van der Waals surface area contributed by atoms with Gasteiger partial charge in [-0.1, -0.05) is 409 Å². The Morgan fingerprint density at radius 1 is 0.340 bits per heavy atom. The Morgan fingerprint density at radius 3 is 0.904 bits per heavy atom. The molecule has 0 N–H and O–H groups in total. The monoisotopic (exact) mass is 1340 g/mol. The molecule has 0 radical (unpaired) electrons. The van der Waals surface area contributed by atoms with Gasteiger partial charge in [0.05, 0.1) is 27.7 Å². The Hall–Kier alpha value is -2.03. The summed E-state index contributed by atoms with van der Waals surface area (Å²) < 4.78 is 34.5. The van der Waals surface area contributed by atoms with Crippen LogP contribution in [0.3, 0.4) is 0 Å². The number of nitrogens with zero attached hydrogens (tertiary/aromatic N) is 1. The number of unbranched alkanes of at least 4 members (excludes halogenated alkanes) is 56. The van der Waals surface area contributed by atoms with Gasteiger partial charge in [-0.05, 0) is 51.4 Å². The first-order chi connectivity index (χ1) is 46.0. The highest BCUT2D eigenvalue weighted by molar-refractivity contribution is 7.45. The van der Waals surface area contributed by atoms with Crippen molar-refractivity contribution in [2.45, 2.75) is 431 Å². The summed E-state index contributed by atoms with van der Waals surface area (Å²) in [6, 6.07) is 0. The number of phosphoric acid groups is 1. The standard InChI is InChI=1S/C84H160NO8P/c1-6-8-10-12-14-16-18-20-22-24-26-28-30-32-34-36-38-39-40-41-42-43-44-45-47-49-51-53-55-57-59-61-63-65-67-69-71-73-75-77-84(87)93-82(81-92-94(88,89)91-79-78-85(3,4)5)80-90-83(86)76-74-72-70-68-66-64-62-60-58-56-54-52-50-48-46-37-35-33-31-29-27-25-23-21-19-17-15-13-11-9-7-2/h8,10,14,16,20,22,26,28,82H,6-7,9,11-13,15,17-19,21,23-25,27,29-81H2,1-5H3/b10-8-,16-14-,22-20-,28-26-. The molecule has 0 saturated carbocycles. The summed E-state index contributed by atoms with van der Waals surface area (Å²) in [5, 5.41) is 0. The summed E-state index contributed by atoms with van der Waals surface area (Å²) in [7, 11) is 1.19. The first-order valence-electron chi connectivity index (χ1n) is 41.3. The molecule has 0 aromatic carbocycles. The number of likely N-dealkylation sites (N-methyl/N-ethyl adjacent to an activating group) is 1. The van der Waals surface area contributed by atoms with Gasteiger partial charge in [0.2, 0.25) is 0 Å². The highest BCUT2D eigenvalue weighted by Crippen LogP contribution is 2.38. The summed E-state index contributed by atoms with van der Waals surface area (Å²) in [5.74, 6) is -0.805. The van der Waals surface area contributed by atoms with Gasteiger partial charge in [0, 0.05) is 12.8 Å². The van der Waals surface area contributed by atoms with Crippen molar-refractivity contribution in [3.63, 3.8) is 0 Å². The second-order valence-electron chi connectivity index (χ2n) is 29.5. The van der Waals surface area contributed by atoms with Gasteiger partial charge in [0.15, 0.2) is 6.10 Å². The molecular formula is C84H160NO8P. The van der Waals surface area contributed by atoms with Crippen LogP contribution in [0.4, 0.5) is 0 Å². The number of hydrogen-bond acceptors (Lipinski definition) is 8. The van der Waals surface area contributed by atoms with Crippen molar-refractivity contribution in [3.8, 4) is 0 Å². The van der Waals surface area contributed by atoms with E-state index < -0.39 is 26.5 Å². The van der Waals surface area contributed by atoms with Crippen LogP contribution in [0.5, 0.6) is 0 Å². The molecule has 0 rings (SSSR count). The fourth-order valence-electron chi connectivity index (χ4n) is 12.6. The molecule has 0 aliphatic heterocycles. The van der Waals surface area contributed by atoms with Crippen LogP contribution < -0.4 is 4.89 Å². The summed E-state index contributed by atoms with van der Waals surface area (Å²) in [6.45, 7) is 4.22. The SMILES string of the molecule is CC/C=C\C/C=C\C/C=C\C/C=C\CCCCCCCCCCCCCCCCCCCCCCCCCCCCC(=O)OC(COC(=O)CCCCCCCCCCCCCCCCCCCCCCCCCCCCCCCCC)COP(=O)([O-])OCC[N+](C)(C)C. The lowest BCUT2D eigenvalue weighted by Gasteiger charge is -2.28. The molecule has 0 aliphatic carbocycles. The molecule has 94 heavy (non-hydrogen) atoms. The Morgan fingerprint density at radius 2 is 0.606 bits per heavy atom. The molecule has 0 fully saturated rings. The molecule has 10 heteroatoms. The zero-order valence-electron chi connectivity index (χ0n) is 63.4. The average Bonchev–Trinajstić information content (AvgIpc) is 1.56. The first kappa shape index (κ1) is 92.0. The van der Waals surface area contributed by atoms with Gasteiger partial charge in [-0.25, -0.2) is 0 Å². The van der Waals surface area contributed by atoms with Gasteiger partial charge in [-0.2, -0.15) is 0 Å². The molecule has 0 amide bonds. The normalized spacial score (nSPS) is 13.2. The average molecular weight is 1340 g/mol. The zero-order valence-corrected chi connectivity index (χ0v) is 64.3. The minimum absolute atomic E-state index is 0.0269. The van der Waals surface area contributed by atoms with Gasteiger partial charge in [0.25, 0.3) is 7.82 Å². The largest absolute Gasteiger partial charge is 0.756 e. The van der Waals surface area contributed by atoms with Crippen LogP contribution in [0.15, 0.2) is 48.6 Å². The molecule has 0 spiro atoms.